The Balaban J connectivity index is 1.63. The first kappa shape index (κ1) is 21.0. The van der Waals surface area contributed by atoms with Crippen LogP contribution in [0.25, 0.3) is 0 Å². The van der Waals surface area contributed by atoms with E-state index >= 15 is 0 Å². The van der Waals surface area contributed by atoms with Crippen molar-refractivity contribution in [3.8, 4) is 0 Å². The van der Waals surface area contributed by atoms with E-state index in [2.05, 4.69) is 27.7 Å². The van der Waals surface area contributed by atoms with Crippen LogP contribution < -0.4 is 0 Å². The summed E-state index contributed by atoms with van der Waals surface area (Å²) < 4.78 is 18.6. The number of aliphatic hydroxyl groups is 4. The van der Waals surface area contributed by atoms with E-state index in [1.807, 2.05) is 0 Å². The van der Waals surface area contributed by atoms with Crippen molar-refractivity contribution in [2.45, 2.75) is 102 Å². The lowest BCUT2D eigenvalue weighted by molar-refractivity contribution is -0.328. The van der Waals surface area contributed by atoms with Crippen molar-refractivity contribution in [1.82, 2.24) is 0 Å². The largest absolute Gasteiger partial charge is 0.394 e. The summed E-state index contributed by atoms with van der Waals surface area (Å²) >= 11 is 0. The van der Waals surface area contributed by atoms with Gasteiger partial charge in [-0.05, 0) is 44.4 Å². The third-order valence-electron chi connectivity index (χ3n) is 8.18. The Morgan fingerprint density at radius 1 is 1.04 bits per heavy atom. The Kier molecular flexibility index (Phi) is 5.36. The molecule has 7 heteroatoms. The van der Waals surface area contributed by atoms with Gasteiger partial charge in [0.1, 0.15) is 24.4 Å². The van der Waals surface area contributed by atoms with Gasteiger partial charge in [0.15, 0.2) is 6.29 Å². The highest BCUT2D eigenvalue weighted by atomic mass is 16.7. The molecule has 1 saturated carbocycles. The number of hydrogen-bond acceptors (Lipinski definition) is 7. The molecule has 0 amide bonds. The zero-order valence-electron chi connectivity index (χ0n) is 17.3. The summed E-state index contributed by atoms with van der Waals surface area (Å²) in [6, 6.07) is 0. The predicted octanol–water partition coefficient (Wildman–Crippen LogP) is 0.811. The standard InChI is InChI=1S/C21H36O7/c1-10(2)11-5-7-20(3)13-6-8-21(4,28-13)18(20)17(11)27-19-16(25)15(24)14(23)12(9-22)26-19/h10-19,22-25H,5-9H2,1-4H3/t11-,12+,13-,14+,15-,16+,17+,18-,19-,20-,21?/m0/s1. The second-order valence-electron chi connectivity index (χ2n) is 10.2. The van der Waals surface area contributed by atoms with Gasteiger partial charge in [-0.15, -0.1) is 0 Å². The molecule has 2 bridgehead atoms. The van der Waals surface area contributed by atoms with Gasteiger partial charge in [-0.25, -0.2) is 0 Å². The minimum Gasteiger partial charge on any atom is -0.394 e. The molecule has 0 aromatic carbocycles. The van der Waals surface area contributed by atoms with Crippen molar-refractivity contribution in [3.05, 3.63) is 0 Å². The summed E-state index contributed by atoms with van der Waals surface area (Å²) in [5.41, 5.74) is -0.233. The highest BCUT2D eigenvalue weighted by Crippen LogP contribution is 2.65. The monoisotopic (exact) mass is 400 g/mol. The van der Waals surface area contributed by atoms with Crippen LogP contribution in [0.3, 0.4) is 0 Å². The van der Waals surface area contributed by atoms with Crippen molar-refractivity contribution in [2.24, 2.45) is 23.2 Å². The van der Waals surface area contributed by atoms with Gasteiger partial charge in [-0.3, -0.25) is 0 Å². The molecule has 4 aliphatic rings. The summed E-state index contributed by atoms with van der Waals surface area (Å²) in [4.78, 5) is 0. The molecule has 0 radical (unpaired) electrons. The molecule has 1 aliphatic carbocycles. The minimum atomic E-state index is -1.42. The Bertz CT molecular complexity index is 583. The highest BCUT2D eigenvalue weighted by molar-refractivity contribution is 5.16. The Morgan fingerprint density at radius 2 is 1.75 bits per heavy atom. The smallest absolute Gasteiger partial charge is 0.186 e. The van der Waals surface area contributed by atoms with Crippen LogP contribution in [-0.4, -0.2) is 75.5 Å². The van der Waals surface area contributed by atoms with Crippen LogP contribution in [0.5, 0.6) is 0 Å². The Morgan fingerprint density at radius 3 is 2.39 bits per heavy atom. The second-order valence-corrected chi connectivity index (χ2v) is 10.2. The Hall–Kier alpha value is -0.280. The van der Waals surface area contributed by atoms with Gasteiger partial charge in [0.2, 0.25) is 0 Å². The average Bonchev–Trinajstić information content (AvgIpc) is 3.14. The van der Waals surface area contributed by atoms with E-state index in [9.17, 15) is 20.4 Å². The lowest BCUT2D eigenvalue weighted by Gasteiger charge is -2.54. The first-order chi connectivity index (χ1) is 13.1. The Labute approximate surface area is 167 Å². The third-order valence-corrected chi connectivity index (χ3v) is 8.18. The van der Waals surface area contributed by atoms with Crippen LogP contribution >= 0.6 is 0 Å². The molecule has 162 valence electrons. The van der Waals surface area contributed by atoms with Crippen LogP contribution in [-0.2, 0) is 14.2 Å². The van der Waals surface area contributed by atoms with Crippen LogP contribution in [0, 0.1) is 23.2 Å². The molecule has 0 spiro atoms. The van der Waals surface area contributed by atoms with Gasteiger partial charge in [-0.2, -0.15) is 0 Å². The minimum absolute atomic E-state index is 0.0250. The van der Waals surface area contributed by atoms with E-state index in [1.54, 1.807) is 0 Å². The molecule has 1 unspecified atom stereocenters. The van der Waals surface area contributed by atoms with Crippen LogP contribution in [0.4, 0.5) is 0 Å². The van der Waals surface area contributed by atoms with Crippen molar-refractivity contribution in [2.75, 3.05) is 6.61 Å². The van der Waals surface area contributed by atoms with Crippen molar-refractivity contribution < 1.29 is 34.6 Å². The number of ether oxygens (including phenoxy) is 3. The maximum atomic E-state index is 10.5. The summed E-state index contributed by atoms with van der Waals surface area (Å²) in [5.74, 6) is 0.847. The molecule has 3 saturated heterocycles. The highest BCUT2D eigenvalue weighted by Gasteiger charge is 2.68. The van der Waals surface area contributed by atoms with E-state index in [0.717, 1.165) is 25.7 Å². The SMILES string of the molecule is CC(C)[C@@H]1CC[C@@]2(C)[C@@H]3CCC(C)(O3)[C@H]2[C@@H]1O[C@@H]1O[C@H](CO)[C@@H](O)[C@H](O)[C@H]1O. The van der Waals surface area contributed by atoms with Gasteiger partial charge >= 0.3 is 0 Å². The van der Waals surface area contributed by atoms with E-state index < -0.39 is 37.3 Å². The van der Waals surface area contributed by atoms with Crippen LogP contribution in [0.2, 0.25) is 0 Å². The average molecular weight is 401 g/mol. The maximum Gasteiger partial charge on any atom is 0.186 e. The first-order valence-electron chi connectivity index (χ1n) is 10.8. The molecule has 0 aromatic heterocycles. The zero-order valence-corrected chi connectivity index (χ0v) is 17.3. The van der Waals surface area contributed by atoms with Crippen LogP contribution in [0.1, 0.15) is 53.4 Å². The third kappa shape index (κ3) is 2.97. The summed E-state index contributed by atoms with van der Waals surface area (Å²) in [6.45, 7) is 8.40. The summed E-state index contributed by atoms with van der Waals surface area (Å²) in [6.07, 6.45) is -1.98. The van der Waals surface area contributed by atoms with Gasteiger partial charge in [0.05, 0.1) is 24.4 Å². The topological polar surface area (TPSA) is 109 Å². The van der Waals surface area contributed by atoms with Gasteiger partial charge in [-0.1, -0.05) is 20.8 Å². The molecule has 7 nitrogen and oxygen atoms in total. The molecule has 4 fully saturated rings. The molecular formula is C21H36O7. The normalized spacial score (nSPS) is 56.2. The maximum absolute atomic E-state index is 10.5. The number of hydrogen-bond donors (Lipinski definition) is 4. The molecule has 28 heavy (non-hydrogen) atoms. The lowest BCUT2D eigenvalue weighted by atomic mass is 9.53. The second kappa shape index (κ2) is 7.15. The molecule has 4 rings (SSSR count). The van der Waals surface area contributed by atoms with Crippen LogP contribution in [0.15, 0.2) is 0 Å². The quantitative estimate of drug-likeness (QED) is 0.553. The molecule has 3 heterocycles. The number of fused-ring (bicyclic) bond motifs is 5. The van der Waals surface area contributed by atoms with E-state index in [0.29, 0.717) is 5.92 Å². The molecule has 4 N–H and O–H groups in total. The van der Waals surface area contributed by atoms with Gasteiger partial charge < -0.3 is 34.6 Å². The van der Waals surface area contributed by atoms with E-state index in [-0.39, 0.29) is 35.1 Å². The van der Waals surface area contributed by atoms with Crippen molar-refractivity contribution in [3.63, 3.8) is 0 Å². The van der Waals surface area contributed by atoms with Gasteiger partial charge in [0.25, 0.3) is 0 Å². The molecular weight excluding hydrogens is 364 g/mol. The van der Waals surface area contributed by atoms with E-state index in [1.165, 1.54) is 0 Å². The lowest BCUT2D eigenvalue weighted by Crippen LogP contribution is -2.62. The molecule has 3 aliphatic heterocycles. The molecule has 0 aromatic rings. The zero-order chi connectivity index (χ0) is 20.4. The fourth-order valence-electron chi connectivity index (χ4n) is 6.61. The predicted molar refractivity (Wildman–Crippen MR) is 100 cm³/mol. The number of aliphatic hydroxyl groups excluding tert-OH is 4. The van der Waals surface area contributed by atoms with Crippen molar-refractivity contribution >= 4 is 0 Å². The first-order valence-corrected chi connectivity index (χ1v) is 10.8. The fraction of sp³-hybridized carbons (Fsp3) is 1.00. The molecule has 11 atom stereocenters. The fourth-order valence-corrected chi connectivity index (χ4v) is 6.61. The summed E-state index contributed by atoms with van der Waals surface area (Å²) in [5, 5.41) is 40.2. The summed E-state index contributed by atoms with van der Waals surface area (Å²) in [7, 11) is 0. The number of rotatable bonds is 4. The van der Waals surface area contributed by atoms with Crippen molar-refractivity contribution in [1.29, 1.82) is 0 Å². The van der Waals surface area contributed by atoms with E-state index in [4.69, 9.17) is 14.2 Å². The van der Waals surface area contributed by atoms with Gasteiger partial charge in [0, 0.05) is 11.3 Å².